The Morgan fingerprint density at radius 3 is 3.15 bits per heavy atom. The highest BCUT2D eigenvalue weighted by Gasteiger charge is 1.97. The highest BCUT2D eigenvalue weighted by molar-refractivity contribution is 7.99. The van der Waals surface area contributed by atoms with Crippen LogP contribution in [0.1, 0.15) is 12.1 Å². The number of aryl methyl sites for hydroxylation is 1. The van der Waals surface area contributed by atoms with E-state index in [1.807, 2.05) is 6.07 Å². The van der Waals surface area contributed by atoms with Gasteiger partial charge >= 0.3 is 0 Å². The van der Waals surface area contributed by atoms with Gasteiger partial charge in [-0.15, -0.1) is 0 Å². The monoisotopic (exact) mass is 195 g/mol. The molecule has 1 heterocycles. The highest BCUT2D eigenvalue weighted by Crippen LogP contribution is 2.11. The molecule has 1 rings (SSSR count). The van der Waals surface area contributed by atoms with Gasteiger partial charge in [0.2, 0.25) is 0 Å². The van der Waals surface area contributed by atoms with Gasteiger partial charge in [0.25, 0.3) is 5.56 Å². The molecule has 1 N–H and O–H groups in total. The number of nitriles is 1. The fourth-order valence-corrected chi connectivity index (χ4v) is 1.58. The number of hydrogen-bond donors (Lipinski definition) is 1. The van der Waals surface area contributed by atoms with Crippen LogP contribution in [0.15, 0.2) is 16.0 Å². The van der Waals surface area contributed by atoms with Crippen molar-refractivity contribution in [1.82, 2.24) is 9.97 Å². The molecule has 0 aliphatic rings. The number of nitrogens with one attached hydrogen (secondary N) is 1. The van der Waals surface area contributed by atoms with E-state index in [1.54, 1.807) is 6.92 Å². The van der Waals surface area contributed by atoms with E-state index < -0.39 is 0 Å². The third kappa shape index (κ3) is 3.30. The first-order chi connectivity index (χ1) is 6.22. The van der Waals surface area contributed by atoms with Crippen molar-refractivity contribution in [3.63, 3.8) is 0 Å². The lowest BCUT2D eigenvalue weighted by molar-refractivity contribution is 0.905. The molecule has 4 nitrogen and oxygen atoms in total. The van der Waals surface area contributed by atoms with Gasteiger partial charge in [0.1, 0.15) is 0 Å². The van der Waals surface area contributed by atoms with E-state index in [0.717, 1.165) is 0 Å². The number of nitrogens with zero attached hydrogens (tertiary/aromatic N) is 2. The predicted molar refractivity (Wildman–Crippen MR) is 50.5 cm³/mol. The summed E-state index contributed by atoms with van der Waals surface area (Å²) in [7, 11) is 0. The molecule has 1 aromatic rings. The number of thioether (sulfide) groups is 1. The van der Waals surface area contributed by atoms with Gasteiger partial charge in [-0.1, -0.05) is 11.8 Å². The van der Waals surface area contributed by atoms with Gasteiger partial charge in [-0.25, -0.2) is 4.98 Å². The summed E-state index contributed by atoms with van der Waals surface area (Å²) in [4.78, 5) is 17.7. The van der Waals surface area contributed by atoms with Crippen molar-refractivity contribution in [3.8, 4) is 6.07 Å². The Morgan fingerprint density at radius 2 is 2.54 bits per heavy atom. The van der Waals surface area contributed by atoms with Crippen molar-refractivity contribution in [3.05, 3.63) is 22.1 Å². The molecule has 0 aliphatic carbocycles. The third-order valence-electron chi connectivity index (χ3n) is 1.30. The Labute approximate surface area is 80.0 Å². The summed E-state index contributed by atoms with van der Waals surface area (Å²) >= 11 is 1.38. The molecule has 0 radical (unpaired) electrons. The van der Waals surface area contributed by atoms with E-state index in [0.29, 0.717) is 23.0 Å². The second kappa shape index (κ2) is 4.67. The van der Waals surface area contributed by atoms with Crippen molar-refractivity contribution < 1.29 is 0 Å². The predicted octanol–water partition coefficient (Wildman–Crippen LogP) is 1.08. The zero-order valence-electron chi connectivity index (χ0n) is 7.20. The lowest BCUT2D eigenvalue weighted by Crippen LogP contribution is -2.08. The van der Waals surface area contributed by atoms with Crippen LogP contribution >= 0.6 is 11.8 Å². The van der Waals surface area contributed by atoms with Crippen molar-refractivity contribution in [2.45, 2.75) is 18.5 Å². The van der Waals surface area contributed by atoms with Crippen molar-refractivity contribution in [1.29, 1.82) is 5.26 Å². The Hall–Kier alpha value is -1.28. The minimum atomic E-state index is -0.146. The standard InChI is InChI=1S/C8H9N3OS/c1-6-5-7(12)11-8(10-6)13-4-2-3-9/h5H,2,4H2,1H3,(H,10,11,12). The summed E-state index contributed by atoms with van der Waals surface area (Å²) in [6, 6.07) is 3.47. The first-order valence-corrected chi connectivity index (χ1v) is 4.78. The van der Waals surface area contributed by atoms with Gasteiger partial charge in [-0.3, -0.25) is 4.79 Å². The molecule has 0 amide bonds. The number of aromatic amines is 1. The topological polar surface area (TPSA) is 69.5 Å². The quantitative estimate of drug-likeness (QED) is 0.445. The molecular formula is C8H9N3OS. The highest BCUT2D eigenvalue weighted by atomic mass is 32.2. The van der Waals surface area contributed by atoms with Gasteiger partial charge in [0.05, 0.1) is 6.07 Å². The fraction of sp³-hybridized carbons (Fsp3) is 0.375. The third-order valence-corrected chi connectivity index (χ3v) is 2.18. The molecular weight excluding hydrogens is 186 g/mol. The van der Waals surface area contributed by atoms with Gasteiger partial charge in [-0.05, 0) is 6.92 Å². The molecule has 0 atom stereocenters. The average Bonchev–Trinajstić information content (AvgIpc) is 2.03. The second-order valence-electron chi connectivity index (χ2n) is 2.45. The lowest BCUT2D eigenvalue weighted by atomic mass is 10.5. The second-order valence-corrected chi connectivity index (χ2v) is 3.53. The molecule has 0 saturated carbocycles. The van der Waals surface area contributed by atoms with E-state index in [-0.39, 0.29) is 5.56 Å². The Morgan fingerprint density at radius 1 is 1.77 bits per heavy atom. The van der Waals surface area contributed by atoms with E-state index >= 15 is 0 Å². The van der Waals surface area contributed by atoms with E-state index in [2.05, 4.69) is 9.97 Å². The molecule has 0 bridgehead atoms. The smallest absolute Gasteiger partial charge is 0.251 e. The maximum absolute atomic E-state index is 11.0. The molecule has 0 saturated heterocycles. The van der Waals surface area contributed by atoms with Crippen LogP contribution in [0.2, 0.25) is 0 Å². The molecule has 5 heteroatoms. The minimum Gasteiger partial charge on any atom is -0.301 e. The summed E-state index contributed by atoms with van der Waals surface area (Å²) in [6.45, 7) is 1.77. The number of hydrogen-bond acceptors (Lipinski definition) is 4. The molecule has 0 fully saturated rings. The Bertz CT molecular complexity index is 380. The average molecular weight is 195 g/mol. The zero-order valence-corrected chi connectivity index (χ0v) is 8.02. The summed E-state index contributed by atoms with van der Waals surface area (Å²) in [5.41, 5.74) is 0.551. The summed E-state index contributed by atoms with van der Waals surface area (Å²) < 4.78 is 0. The van der Waals surface area contributed by atoms with Gasteiger partial charge in [0.15, 0.2) is 5.16 Å². The van der Waals surface area contributed by atoms with Crippen LogP contribution in [0, 0.1) is 18.3 Å². The van der Waals surface area contributed by atoms with Crippen molar-refractivity contribution >= 4 is 11.8 Å². The maximum Gasteiger partial charge on any atom is 0.251 e. The Balaban J connectivity index is 2.68. The van der Waals surface area contributed by atoms with Crippen LogP contribution in [-0.4, -0.2) is 15.7 Å². The van der Waals surface area contributed by atoms with E-state index in [9.17, 15) is 4.79 Å². The first kappa shape index (κ1) is 9.81. The number of aromatic nitrogens is 2. The summed E-state index contributed by atoms with van der Waals surface area (Å²) in [6.07, 6.45) is 0.461. The van der Waals surface area contributed by atoms with Crippen molar-refractivity contribution in [2.24, 2.45) is 0 Å². The number of H-pyrrole nitrogens is 1. The first-order valence-electron chi connectivity index (χ1n) is 3.80. The van der Waals surface area contributed by atoms with Crippen LogP contribution in [0.4, 0.5) is 0 Å². The summed E-state index contributed by atoms with van der Waals surface area (Å²) in [5, 5.41) is 8.88. The van der Waals surface area contributed by atoms with E-state index in [4.69, 9.17) is 5.26 Å². The van der Waals surface area contributed by atoms with Gasteiger partial charge in [0, 0.05) is 23.9 Å². The van der Waals surface area contributed by atoms with Crippen LogP contribution in [0.3, 0.4) is 0 Å². The molecule has 0 spiro atoms. The molecule has 0 aromatic carbocycles. The van der Waals surface area contributed by atoms with Crippen LogP contribution in [0.25, 0.3) is 0 Å². The van der Waals surface area contributed by atoms with Gasteiger partial charge < -0.3 is 4.98 Å². The maximum atomic E-state index is 11.0. The fourth-order valence-electron chi connectivity index (χ4n) is 0.813. The Kier molecular flexibility index (Phi) is 3.53. The molecule has 0 aliphatic heterocycles. The largest absolute Gasteiger partial charge is 0.301 e. The molecule has 68 valence electrons. The van der Waals surface area contributed by atoms with Crippen LogP contribution in [-0.2, 0) is 0 Å². The SMILES string of the molecule is Cc1cc(=O)[nH]c(SCCC#N)n1. The van der Waals surface area contributed by atoms with Crippen LogP contribution in [0.5, 0.6) is 0 Å². The zero-order chi connectivity index (χ0) is 9.68. The van der Waals surface area contributed by atoms with Crippen LogP contribution < -0.4 is 5.56 Å². The number of rotatable bonds is 3. The summed E-state index contributed by atoms with van der Waals surface area (Å²) in [5.74, 6) is 0.656. The van der Waals surface area contributed by atoms with Gasteiger partial charge in [-0.2, -0.15) is 5.26 Å². The normalized spacial score (nSPS) is 9.54. The molecule has 0 unspecified atom stereocenters. The van der Waals surface area contributed by atoms with Crippen molar-refractivity contribution in [2.75, 3.05) is 5.75 Å². The minimum absolute atomic E-state index is 0.146. The molecule has 1 aromatic heterocycles. The lowest BCUT2D eigenvalue weighted by Gasteiger charge is -1.97. The molecule has 13 heavy (non-hydrogen) atoms. The van der Waals surface area contributed by atoms with E-state index in [1.165, 1.54) is 17.8 Å².